The molecule has 0 unspecified atom stereocenters. The molecule has 0 spiro atoms. The molecule has 0 aliphatic rings. The van der Waals surface area contributed by atoms with Gasteiger partial charge in [-0.25, -0.2) is 13.8 Å². The van der Waals surface area contributed by atoms with Crippen molar-refractivity contribution in [1.82, 2.24) is 14.8 Å². The zero-order valence-electron chi connectivity index (χ0n) is 14.1. The van der Waals surface area contributed by atoms with Crippen LogP contribution in [0, 0.1) is 0 Å². The summed E-state index contributed by atoms with van der Waals surface area (Å²) in [5.41, 5.74) is -0.265. The summed E-state index contributed by atoms with van der Waals surface area (Å²) in [4.78, 5) is 17.8. The number of nitrogens with zero attached hydrogens (tertiary/aromatic N) is 3. The number of rotatable bonds is 6. The second-order valence-corrected chi connectivity index (χ2v) is 6.87. The van der Waals surface area contributed by atoms with E-state index in [1.165, 1.54) is 32.5 Å². The van der Waals surface area contributed by atoms with Gasteiger partial charge >= 0.3 is 0 Å². The van der Waals surface area contributed by atoms with Gasteiger partial charge in [-0.2, -0.15) is 5.10 Å². The summed E-state index contributed by atoms with van der Waals surface area (Å²) < 4.78 is 27.4. The Balaban J connectivity index is 2.29. The van der Waals surface area contributed by atoms with Gasteiger partial charge in [0, 0.05) is 28.3 Å². The van der Waals surface area contributed by atoms with Crippen molar-refractivity contribution >= 4 is 40.7 Å². The van der Waals surface area contributed by atoms with Crippen LogP contribution in [0.4, 0.5) is 8.78 Å². The number of hydroxylamine groups is 2. The Morgan fingerprint density at radius 2 is 1.88 bits per heavy atom. The van der Waals surface area contributed by atoms with Crippen molar-refractivity contribution < 1.29 is 18.4 Å². The maximum absolute atomic E-state index is 13.1. The number of aromatic nitrogens is 2. The topological polar surface area (TPSA) is 47.4 Å². The van der Waals surface area contributed by atoms with E-state index in [1.54, 1.807) is 6.92 Å². The molecule has 1 atom stereocenters. The molecule has 0 N–H and O–H groups in total. The smallest absolute Gasteiger partial charge is 0.275 e. The molecule has 0 saturated carbocycles. The van der Waals surface area contributed by atoms with Crippen LogP contribution in [0.3, 0.4) is 0 Å². The molecule has 1 amide bonds. The second-order valence-electron chi connectivity index (χ2n) is 5.62. The summed E-state index contributed by atoms with van der Waals surface area (Å²) in [5, 5.41) is 5.69. The van der Waals surface area contributed by atoms with Crippen LogP contribution in [0.2, 0.25) is 15.1 Å². The fourth-order valence-corrected chi connectivity index (χ4v) is 3.53. The number of carbonyl (C=O) groups excluding carboxylic acids is 1. The number of benzene rings is 1. The highest BCUT2D eigenvalue weighted by molar-refractivity contribution is 6.39. The van der Waals surface area contributed by atoms with Gasteiger partial charge in [-0.3, -0.25) is 14.3 Å². The standard InChI is InChI=1S/C16H16Cl3F2N3O2/c1-8(4-10-12(18)5-9(17)6-13(10)19)24(26-3)16(25)11-7-23(2)22-14(11)15(20)21/h5-8,15H,4H2,1-3H3/t8-/m0/s1. The first-order valence-corrected chi connectivity index (χ1v) is 8.61. The third-order valence-corrected chi connectivity index (χ3v) is 4.59. The van der Waals surface area contributed by atoms with Crippen molar-refractivity contribution in [2.24, 2.45) is 7.05 Å². The van der Waals surface area contributed by atoms with Crippen LogP contribution >= 0.6 is 34.8 Å². The predicted molar refractivity (Wildman–Crippen MR) is 96.0 cm³/mol. The maximum Gasteiger partial charge on any atom is 0.282 e. The lowest BCUT2D eigenvalue weighted by molar-refractivity contribution is -0.119. The molecule has 0 fully saturated rings. The quantitative estimate of drug-likeness (QED) is 0.614. The molecule has 1 aromatic carbocycles. The van der Waals surface area contributed by atoms with Crippen LogP contribution in [0.25, 0.3) is 0 Å². The van der Waals surface area contributed by atoms with Crippen molar-refractivity contribution in [3.05, 3.63) is 50.2 Å². The second kappa shape index (κ2) is 8.52. The highest BCUT2D eigenvalue weighted by Gasteiger charge is 2.30. The zero-order chi connectivity index (χ0) is 19.6. The van der Waals surface area contributed by atoms with E-state index in [1.807, 2.05) is 0 Å². The van der Waals surface area contributed by atoms with E-state index in [9.17, 15) is 13.6 Å². The minimum absolute atomic E-state index is 0.232. The Bertz CT molecular complexity index is 791. The lowest BCUT2D eigenvalue weighted by atomic mass is 10.1. The van der Waals surface area contributed by atoms with Crippen LogP contribution in [-0.2, 0) is 18.3 Å². The van der Waals surface area contributed by atoms with E-state index in [-0.39, 0.29) is 12.0 Å². The predicted octanol–water partition coefficient (Wildman–Crippen LogP) is 4.95. The molecule has 0 bridgehead atoms. The molecule has 0 aliphatic carbocycles. The molecule has 5 nitrogen and oxygen atoms in total. The third kappa shape index (κ3) is 4.46. The highest BCUT2D eigenvalue weighted by atomic mass is 35.5. The van der Waals surface area contributed by atoms with E-state index in [2.05, 4.69) is 5.10 Å². The SMILES string of the molecule is CON(C(=O)c1cn(C)nc1C(F)F)[C@@H](C)Cc1c(Cl)cc(Cl)cc1Cl. The molecule has 2 aromatic rings. The van der Waals surface area contributed by atoms with Crippen molar-refractivity contribution in [3.63, 3.8) is 0 Å². The minimum Gasteiger partial charge on any atom is -0.275 e. The largest absolute Gasteiger partial charge is 0.282 e. The summed E-state index contributed by atoms with van der Waals surface area (Å²) in [6.07, 6.45) is -1.42. The average Bonchev–Trinajstić information content (AvgIpc) is 2.93. The summed E-state index contributed by atoms with van der Waals surface area (Å²) >= 11 is 18.2. The Kier molecular flexibility index (Phi) is 6.85. The molecule has 1 heterocycles. The molecule has 0 saturated heterocycles. The van der Waals surface area contributed by atoms with Crippen molar-refractivity contribution in [2.75, 3.05) is 7.11 Å². The molecule has 26 heavy (non-hydrogen) atoms. The van der Waals surface area contributed by atoms with Crippen molar-refractivity contribution in [1.29, 1.82) is 0 Å². The fraction of sp³-hybridized carbons (Fsp3) is 0.375. The van der Waals surface area contributed by atoms with Crippen LogP contribution in [0.1, 0.15) is 35.0 Å². The van der Waals surface area contributed by atoms with E-state index in [0.29, 0.717) is 20.6 Å². The lowest BCUT2D eigenvalue weighted by Crippen LogP contribution is -2.39. The molecule has 0 radical (unpaired) electrons. The van der Waals surface area contributed by atoms with E-state index in [0.717, 1.165) is 9.75 Å². The summed E-state index contributed by atoms with van der Waals surface area (Å²) in [5.74, 6) is -0.732. The number of hydrogen-bond donors (Lipinski definition) is 0. The van der Waals surface area contributed by atoms with Gasteiger partial charge in [0.2, 0.25) is 0 Å². The van der Waals surface area contributed by atoms with Crippen LogP contribution < -0.4 is 0 Å². The van der Waals surface area contributed by atoms with Gasteiger partial charge in [0.1, 0.15) is 5.69 Å². The Morgan fingerprint density at radius 3 is 2.38 bits per heavy atom. The summed E-state index contributed by atoms with van der Waals surface area (Å²) in [7, 11) is 2.73. The first-order valence-electron chi connectivity index (χ1n) is 7.48. The lowest BCUT2D eigenvalue weighted by Gasteiger charge is -2.27. The van der Waals surface area contributed by atoms with Gasteiger partial charge in [0.25, 0.3) is 12.3 Å². The van der Waals surface area contributed by atoms with Crippen LogP contribution in [0.5, 0.6) is 0 Å². The maximum atomic E-state index is 13.1. The molecular formula is C16H16Cl3F2N3O2. The number of carbonyl (C=O) groups is 1. The van der Waals surface area contributed by atoms with Gasteiger partial charge in [-0.1, -0.05) is 34.8 Å². The molecule has 142 valence electrons. The highest BCUT2D eigenvalue weighted by Crippen LogP contribution is 2.31. The summed E-state index contributed by atoms with van der Waals surface area (Å²) in [6, 6.07) is 2.52. The summed E-state index contributed by atoms with van der Waals surface area (Å²) in [6.45, 7) is 1.68. The van der Waals surface area contributed by atoms with Crippen molar-refractivity contribution in [2.45, 2.75) is 25.8 Å². The van der Waals surface area contributed by atoms with E-state index >= 15 is 0 Å². The Labute approximate surface area is 164 Å². The number of hydrogen-bond acceptors (Lipinski definition) is 3. The third-order valence-electron chi connectivity index (χ3n) is 3.70. The van der Waals surface area contributed by atoms with Gasteiger partial charge in [0.05, 0.1) is 18.7 Å². The van der Waals surface area contributed by atoms with Gasteiger partial charge in [0.15, 0.2) is 0 Å². The molecule has 10 heteroatoms. The van der Waals surface area contributed by atoms with E-state index < -0.39 is 24.1 Å². The number of aryl methyl sites for hydroxylation is 1. The molecule has 0 aliphatic heterocycles. The van der Waals surface area contributed by atoms with Gasteiger partial charge in [-0.05, 0) is 31.0 Å². The minimum atomic E-state index is -2.88. The fourth-order valence-electron chi connectivity index (χ4n) is 2.56. The van der Waals surface area contributed by atoms with Crippen LogP contribution in [-0.4, -0.2) is 33.9 Å². The normalized spacial score (nSPS) is 12.5. The molecule has 1 aromatic heterocycles. The Hall–Kier alpha value is -1.41. The van der Waals surface area contributed by atoms with Gasteiger partial charge < -0.3 is 0 Å². The zero-order valence-corrected chi connectivity index (χ0v) is 16.4. The average molecular weight is 427 g/mol. The number of halogens is 5. The Morgan fingerprint density at radius 1 is 1.31 bits per heavy atom. The molecule has 2 rings (SSSR count). The van der Waals surface area contributed by atoms with E-state index in [4.69, 9.17) is 39.6 Å². The van der Waals surface area contributed by atoms with Crippen molar-refractivity contribution in [3.8, 4) is 0 Å². The number of alkyl halides is 2. The molecular weight excluding hydrogens is 411 g/mol. The first kappa shape index (κ1) is 20.9. The monoisotopic (exact) mass is 425 g/mol. The van der Waals surface area contributed by atoms with Crippen LogP contribution in [0.15, 0.2) is 18.3 Å². The van der Waals surface area contributed by atoms with Gasteiger partial charge in [-0.15, -0.1) is 0 Å². The number of amides is 1. The first-order chi connectivity index (χ1) is 12.1.